The van der Waals surface area contributed by atoms with Crippen LogP contribution < -0.4 is 10.2 Å². The number of hydrogen-bond acceptors (Lipinski definition) is 2. The Morgan fingerprint density at radius 2 is 1.03 bits per heavy atom. The molecular weight excluding hydrogens is 404 g/mol. The highest BCUT2D eigenvalue weighted by Crippen LogP contribution is 2.67. The molecule has 4 heteroatoms. The van der Waals surface area contributed by atoms with Crippen LogP contribution in [0.2, 0.25) is 0 Å². The second-order valence-corrected chi connectivity index (χ2v) is 14.8. The molecule has 8 bridgehead atoms. The van der Waals surface area contributed by atoms with Crippen molar-refractivity contribution in [3.05, 3.63) is 0 Å². The van der Waals surface area contributed by atoms with Crippen LogP contribution in [0, 0.1) is 33.5 Å². The summed E-state index contributed by atoms with van der Waals surface area (Å²) >= 11 is 6.00. The van der Waals surface area contributed by atoms with Gasteiger partial charge in [-0.1, -0.05) is 35.1 Å². The minimum absolute atomic E-state index is 0. The summed E-state index contributed by atoms with van der Waals surface area (Å²) in [5, 5.41) is 3.30. The van der Waals surface area contributed by atoms with Crippen LogP contribution in [-0.4, -0.2) is 17.0 Å². The lowest BCUT2D eigenvalue weighted by Gasteiger charge is -2.65. The summed E-state index contributed by atoms with van der Waals surface area (Å²) in [4.78, 5) is 14.6. The van der Waals surface area contributed by atoms with E-state index in [1.165, 1.54) is 77.0 Å². The number of amides is 1. The van der Waals surface area contributed by atoms with Gasteiger partial charge in [-0.25, -0.2) is 4.84 Å². The molecule has 0 saturated heterocycles. The van der Waals surface area contributed by atoms with Crippen LogP contribution in [0.1, 0.15) is 119 Å². The van der Waals surface area contributed by atoms with Gasteiger partial charge in [0.05, 0.1) is 0 Å². The van der Waals surface area contributed by atoms with Crippen molar-refractivity contribution in [3.63, 3.8) is 0 Å². The Labute approximate surface area is 196 Å². The van der Waals surface area contributed by atoms with E-state index >= 15 is 0 Å². The molecule has 0 aromatic rings. The van der Waals surface area contributed by atoms with Gasteiger partial charge in [0.1, 0.15) is 0 Å². The van der Waals surface area contributed by atoms with Crippen molar-refractivity contribution in [2.45, 2.75) is 130 Å². The highest BCUT2D eigenvalue weighted by molar-refractivity contribution is 6.13. The summed E-state index contributed by atoms with van der Waals surface area (Å²) in [6, 6.07) is 0. The Kier molecular flexibility index (Phi) is 5.47. The van der Waals surface area contributed by atoms with Gasteiger partial charge >= 0.3 is 0 Å². The molecule has 8 aliphatic carbocycles. The van der Waals surface area contributed by atoms with Crippen molar-refractivity contribution in [1.82, 2.24) is 10.2 Å². The van der Waals surface area contributed by atoms with E-state index in [9.17, 15) is 4.79 Å². The van der Waals surface area contributed by atoms with E-state index in [0.717, 1.165) is 11.8 Å². The zero-order valence-electron chi connectivity index (χ0n) is 19.9. The summed E-state index contributed by atoms with van der Waals surface area (Å²) in [6.45, 7) is 11.5. The predicted molar refractivity (Wildman–Crippen MR) is 130 cm³/mol. The fourth-order valence-electron chi connectivity index (χ4n) is 11.5. The molecule has 8 aliphatic rings. The molecule has 3 nitrogen and oxygen atoms in total. The third-order valence-corrected chi connectivity index (χ3v) is 10.3. The van der Waals surface area contributed by atoms with Crippen molar-refractivity contribution >= 4 is 17.7 Å². The third-order valence-electron chi connectivity index (χ3n) is 9.89. The Morgan fingerprint density at radius 1 is 0.677 bits per heavy atom. The Hall–Kier alpha value is -0.280. The largest absolute Gasteiger partial charge is 0.351 e. The lowest BCUT2D eigenvalue weighted by molar-refractivity contribution is -0.138. The molecule has 2 N–H and O–H groups in total. The first kappa shape index (κ1) is 23.9. The van der Waals surface area contributed by atoms with Gasteiger partial charge < -0.3 is 5.32 Å². The van der Waals surface area contributed by atoms with Gasteiger partial charge in [0.25, 0.3) is 0 Å². The van der Waals surface area contributed by atoms with Crippen molar-refractivity contribution < 1.29 is 4.79 Å². The predicted octanol–water partition coefficient (Wildman–Crippen LogP) is 6.99. The van der Waals surface area contributed by atoms with Gasteiger partial charge in [0.15, 0.2) is 0 Å². The normalized spacial score (nSPS) is 55.3. The maximum atomic E-state index is 11.4. The van der Waals surface area contributed by atoms with Crippen molar-refractivity contribution in [3.8, 4) is 0 Å². The Bertz CT molecular complexity index is 714. The molecular formula is C27H47ClN2O. The fourth-order valence-corrected chi connectivity index (χ4v) is 11.7. The first-order valence-electron chi connectivity index (χ1n) is 12.5. The first-order valence-corrected chi connectivity index (χ1v) is 12.8. The van der Waals surface area contributed by atoms with E-state index < -0.39 is 0 Å². The van der Waals surface area contributed by atoms with Crippen LogP contribution in [0.15, 0.2) is 0 Å². The van der Waals surface area contributed by atoms with E-state index in [1.54, 1.807) is 6.92 Å². The number of carbonyl (C=O) groups is 1. The fraction of sp³-hybridized carbons (Fsp3) is 0.963. The molecule has 0 aromatic heterocycles. The molecule has 4 atom stereocenters. The van der Waals surface area contributed by atoms with Crippen LogP contribution in [0.4, 0.5) is 0 Å². The highest BCUT2D eigenvalue weighted by atomic mass is 35.5. The number of rotatable bonds is 2. The molecule has 8 saturated carbocycles. The molecule has 8 rings (SSSR count). The Balaban J connectivity index is 0.000000146. The van der Waals surface area contributed by atoms with Gasteiger partial charge in [-0.05, 0) is 122 Å². The van der Waals surface area contributed by atoms with Gasteiger partial charge in [0, 0.05) is 18.0 Å². The average Bonchev–Trinajstić information content (AvgIpc) is 2.46. The van der Waals surface area contributed by atoms with Crippen LogP contribution in [0.25, 0.3) is 0 Å². The molecule has 4 unspecified atom stereocenters. The number of nitrogens with one attached hydrogen (secondary N) is 2. The molecule has 178 valence electrons. The van der Waals surface area contributed by atoms with Gasteiger partial charge in [0.2, 0.25) is 5.91 Å². The molecule has 0 spiro atoms. The maximum Gasteiger partial charge on any atom is 0.217 e. The van der Waals surface area contributed by atoms with E-state index in [2.05, 4.69) is 37.8 Å². The van der Waals surface area contributed by atoms with E-state index in [1.807, 2.05) is 0 Å². The molecule has 0 heterocycles. The topological polar surface area (TPSA) is 41.1 Å². The lowest BCUT2D eigenvalue weighted by atomic mass is 9.43. The van der Waals surface area contributed by atoms with Crippen LogP contribution in [0.5, 0.6) is 0 Å². The van der Waals surface area contributed by atoms with Crippen LogP contribution >= 0.6 is 11.8 Å². The van der Waals surface area contributed by atoms with Crippen molar-refractivity contribution in [2.75, 3.05) is 0 Å². The van der Waals surface area contributed by atoms with E-state index in [4.69, 9.17) is 11.8 Å². The Morgan fingerprint density at radius 3 is 1.35 bits per heavy atom. The lowest BCUT2D eigenvalue weighted by Crippen LogP contribution is -2.64. The van der Waals surface area contributed by atoms with Crippen LogP contribution in [-0.2, 0) is 4.79 Å². The highest BCUT2D eigenvalue weighted by Gasteiger charge is 2.61. The van der Waals surface area contributed by atoms with Crippen molar-refractivity contribution in [1.29, 1.82) is 0 Å². The summed E-state index contributed by atoms with van der Waals surface area (Å²) in [6.07, 6.45) is 16.1. The monoisotopic (exact) mass is 450 g/mol. The second kappa shape index (κ2) is 7.11. The average molecular weight is 451 g/mol. The number of hydrogen-bond donors (Lipinski definition) is 2. The number of halogens is 1. The molecule has 0 aliphatic heterocycles. The number of carbonyl (C=O) groups excluding carboxylic acids is 1. The van der Waals surface area contributed by atoms with Gasteiger partial charge in [-0.2, -0.15) is 0 Å². The smallest absolute Gasteiger partial charge is 0.217 e. The molecule has 0 radical (unpaired) electrons. The maximum absolute atomic E-state index is 11.4. The van der Waals surface area contributed by atoms with Gasteiger partial charge in [-0.15, -0.1) is 0 Å². The SMILES string of the molecule is C.CC(=O)NC12CC3CC(C)(CC(C)(C3)C1)C2.CC12CC3CC(C)(C1)CC(NCl)(C3)C2. The molecule has 1 amide bonds. The zero-order chi connectivity index (χ0) is 21.6. The minimum Gasteiger partial charge on any atom is -0.351 e. The molecule has 8 fully saturated rings. The molecule has 31 heavy (non-hydrogen) atoms. The van der Waals surface area contributed by atoms with Crippen LogP contribution in [0.3, 0.4) is 0 Å². The van der Waals surface area contributed by atoms with Crippen molar-refractivity contribution in [2.24, 2.45) is 33.5 Å². The second-order valence-electron chi connectivity index (χ2n) is 14.6. The summed E-state index contributed by atoms with van der Waals surface area (Å²) in [7, 11) is 0. The zero-order valence-corrected chi connectivity index (χ0v) is 20.7. The quantitative estimate of drug-likeness (QED) is 0.445. The standard InChI is InChI=1S/C14H23NO.C12H20ClN.CH4/c1-10(16)15-14-6-11-4-12(2,8-14)7-13(3,5-11)9-14;1-10-3-9-4-11(2,6-10)8-12(5-9,7-10)14-13;/h11H,4-9H2,1-3H3,(H,15,16);9,14H,3-8H2,1-2H3;1H4. The van der Waals surface area contributed by atoms with E-state index in [-0.39, 0.29) is 24.4 Å². The van der Waals surface area contributed by atoms with E-state index in [0.29, 0.717) is 21.7 Å². The summed E-state index contributed by atoms with van der Waals surface area (Å²) in [5.41, 5.74) is 2.58. The third kappa shape index (κ3) is 4.20. The van der Waals surface area contributed by atoms with Gasteiger partial charge in [-0.3, -0.25) is 4.79 Å². The summed E-state index contributed by atoms with van der Waals surface area (Å²) < 4.78 is 0. The molecule has 0 aromatic carbocycles. The first-order chi connectivity index (χ1) is 13.8. The summed E-state index contributed by atoms with van der Waals surface area (Å²) in [5.74, 6) is 1.96. The minimum atomic E-state index is 0.